The van der Waals surface area contributed by atoms with E-state index in [2.05, 4.69) is 19.2 Å². The zero-order chi connectivity index (χ0) is 12.8. The molecule has 0 radical (unpaired) electrons. The molecule has 1 unspecified atom stereocenters. The molecule has 0 amide bonds. The van der Waals surface area contributed by atoms with Crippen LogP contribution in [-0.4, -0.2) is 24.3 Å². The SMILES string of the molecule is CC(C)CNCC(O)Cc1ccc(F)c(F)c1. The number of halogens is 2. The van der Waals surface area contributed by atoms with Crippen molar-refractivity contribution >= 4 is 0 Å². The minimum Gasteiger partial charge on any atom is -0.391 e. The molecule has 0 fully saturated rings. The molecule has 96 valence electrons. The number of aliphatic hydroxyl groups excluding tert-OH is 1. The van der Waals surface area contributed by atoms with Crippen LogP contribution in [0.2, 0.25) is 0 Å². The fraction of sp³-hybridized carbons (Fsp3) is 0.538. The Morgan fingerprint density at radius 1 is 1.18 bits per heavy atom. The van der Waals surface area contributed by atoms with Crippen LogP contribution in [0.5, 0.6) is 0 Å². The highest BCUT2D eigenvalue weighted by Gasteiger charge is 2.08. The first-order valence-corrected chi connectivity index (χ1v) is 5.81. The lowest BCUT2D eigenvalue weighted by atomic mass is 10.1. The van der Waals surface area contributed by atoms with Crippen molar-refractivity contribution in [2.75, 3.05) is 13.1 Å². The predicted molar refractivity (Wildman–Crippen MR) is 63.8 cm³/mol. The summed E-state index contributed by atoms with van der Waals surface area (Å²) < 4.78 is 25.6. The highest BCUT2D eigenvalue weighted by atomic mass is 19.2. The molecule has 0 bridgehead atoms. The molecular weight excluding hydrogens is 224 g/mol. The van der Waals surface area contributed by atoms with Gasteiger partial charge in [-0.2, -0.15) is 0 Å². The molecule has 1 atom stereocenters. The van der Waals surface area contributed by atoms with Gasteiger partial charge >= 0.3 is 0 Å². The summed E-state index contributed by atoms with van der Waals surface area (Å²) in [5.74, 6) is -1.21. The average molecular weight is 243 g/mol. The number of nitrogens with one attached hydrogen (secondary N) is 1. The van der Waals surface area contributed by atoms with Crippen molar-refractivity contribution in [2.24, 2.45) is 5.92 Å². The van der Waals surface area contributed by atoms with Gasteiger partial charge in [0.25, 0.3) is 0 Å². The van der Waals surface area contributed by atoms with E-state index in [0.29, 0.717) is 24.4 Å². The molecule has 0 aliphatic carbocycles. The lowest BCUT2D eigenvalue weighted by Crippen LogP contribution is -2.30. The van der Waals surface area contributed by atoms with E-state index in [-0.39, 0.29) is 0 Å². The van der Waals surface area contributed by atoms with Gasteiger partial charge in [-0.05, 0) is 36.6 Å². The zero-order valence-corrected chi connectivity index (χ0v) is 10.2. The third-order valence-corrected chi connectivity index (χ3v) is 2.39. The first-order valence-electron chi connectivity index (χ1n) is 5.81. The van der Waals surface area contributed by atoms with Gasteiger partial charge in [0, 0.05) is 6.54 Å². The lowest BCUT2D eigenvalue weighted by molar-refractivity contribution is 0.170. The van der Waals surface area contributed by atoms with Crippen LogP contribution in [0.15, 0.2) is 18.2 Å². The van der Waals surface area contributed by atoms with Crippen molar-refractivity contribution in [3.05, 3.63) is 35.4 Å². The van der Waals surface area contributed by atoms with Gasteiger partial charge in [-0.25, -0.2) is 8.78 Å². The normalized spacial score (nSPS) is 13.1. The fourth-order valence-corrected chi connectivity index (χ4v) is 1.55. The van der Waals surface area contributed by atoms with Gasteiger partial charge in [0.2, 0.25) is 0 Å². The highest BCUT2D eigenvalue weighted by molar-refractivity contribution is 5.18. The first kappa shape index (κ1) is 14.1. The number of aliphatic hydroxyl groups is 1. The number of hydrogen-bond acceptors (Lipinski definition) is 2. The third-order valence-electron chi connectivity index (χ3n) is 2.39. The number of hydrogen-bond donors (Lipinski definition) is 2. The van der Waals surface area contributed by atoms with Crippen LogP contribution < -0.4 is 5.32 Å². The molecule has 0 aliphatic heterocycles. The minimum absolute atomic E-state index is 0.322. The Bertz CT molecular complexity index is 355. The van der Waals surface area contributed by atoms with Gasteiger partial charge < -0.3 is 10.4 Å². The summed E-state index contributed by atoms with van der Waals surface area (Å²) in [6, 6.07) is 3.70. The van der Waals surface area contributed by atoms with E-state index in [1.807, 2.05) is 0 Å². The maximum absolute atomic E-state index is 12.9. The van der Waals surface area contributed by atoms with Crippen LogP contribution >= 0.6 is 0 Å². The maximum atomic E-state index is 12.9. The fourth-order valence-electron chi connectivity index (χ4n) is 1.55. The summed E-state index contributed by atoms with van der Waals surface area (Å²) in [5, 5.41) is 12.8. The largest absolute Gasteiger partial charge is 0.391 e. The average Bonchev–Trinajstić information content (AvgIpc) is 2.23. The molecule has 0 spiro atoms. The molecule has 0 aliphatic rings. The van der Waals surface area contributed by atoms with Crippen LogP contribution in [0.25, 0.3) is 0 Å². The van der Waals surface area contributed by atoms with Crippen molar-refractivity contribution < 1.29 is 13.9 Å². The molecule has 4 heteroatoms. The second-order valence-corrected chi connectivity index (χ2v) is 4.66. The van der Waals surface area contributed by atoms with Crippen LogP contribution in [-0.2, 0) is 6.42 Å². The van der Waals surface area contributed by atoms with Crippen molar-refractivity contribution in [1.29, 1.82) is 0 Å². The number of rotatable bonds is 6. The molecule has 1 aromatic carbocycles. The monoisotopic (exact) mass is 243 g/mol. The van der Waals surface area contributed by atoms with Crippen LogP contribution in [0.4, 0.5) is 8.78 Å². The molecule has 0 heterocycles. The second kappa shape index (κ2) is 6.67. The molecule has 1 rings (SSSR count). The van der Waals surface area contributed by atoms with Gasteiger partial charge in [0.1, 0.15) is 0 Å². The van der Waals surface area contributed by atoms with E-state index < -0.39 is 17.7 Å². The lowest BCUT2D eigenvalue weighted by Gasteiger charge is -2.13. The zero-order valence-electron chi connectivity index (χ0n) is 10.2. The topological polar surface area (TPSA) is 32.3 Å². The summed E-state index contributed by atoms with van der Waals surface area (Å²) >= 11 is 0. The maximum Gasteiger partial charge on any atom is 0.159 e. The van der Waals surface area contributed by atoms with Crippen LogP contribution in [0.3, 0.4) is 0 Å². The molecule has 0 saturated heterocycles. The third kappa shape index (κ3) is 5.24. The van der Waals surface area contributed by atoms with Crippen molar-refractivity contribution in [2.45, 2.75) is 26.4 Å². The minimum atomic E-state index is -0.871. The predicted octanol–water partition coefficient (Wildman–Crippen LogP) is 2.11. The van der Waals surface area contributed by atoms with E-state index in [1.54, 1.807) is 0 Å². The van der Waals surface area contributed by atoms with Crippen molar-refractivity contribution in [1.82, 2.24) is 5.32 Å². The van der Waals surface area contributed by atoms with Gasteiger partial charge in [-0.1, -0.05) is 19.9 Å². The van der Waals surface area contributed by atoms with Gasteiger partial charge in [-0.3, -0.25) is 0 Å². The Labute approximate surface area is 101 Å². The smallest absolute Gasteiger partial charge is 0.159 e. The van der Waals surface area contributed by atoms with E-state index in [9.17, 15) is 13.9 Å². The molecule has 17 heavy (non-hydrogen) atoms. The Hall–Kier alpha value is -1.00. The summed E-state index contributed by atoms with van der Waals surface area (Å²) in [6.45, 7) is 5.44. The molecule has 1 aromatic rings. The van der Waals surface area contributed by atoms with Gasteiger partial charge in [0.05, 0.1) is 6.10 Å². The Morgan fingerprint density at radius 3 is 2.47 bits per heavy atom. The van der Waals surface area contributed by atoms with E-state index in [1.165, 1.54) is 6.07 Å². The standard InChI is InChI=1S/C13H19F2NO/c1-9(2)7-16-8-11(17)5-10-3-4-12(14)13(15)6-10/h3-4,6,9,11,16-17H,5,7-8H2,1-2H3. The van der Waals surface area contributed by atoms with Crippen molar-refractivity contribution in [3.8, 4) is 0 Å². The molecule has 0 aromatic heterocycles. The molecule has 0 saturated carbocycles. The highest BCUT2D eigenvalue weighted by Crippen LogP contribution is 2.10. The van der Waals surface area contributed by atoms with E-state index in [0.717, 1.165) is 18.7 Å². The quantitative estimate of drug-likeness (QED) is 0.802. The Balaban J connectivity index is 2.39. The van der Waals surface area contributed by atoms with Crippen LogP contribution in [0, 0.1) is 17.6 Å². The number of benzene rings is 1. The summed E-state index contributed by atoms with van der Waals surface area (Å²) in [5.41, 5.74) is 0.600. The molecule has 2 nitrogen and oxygen atoms in total. The van der Waals surface area contributed by atoms with Gasteiger partial charge in [0.15, 0.2) is 11.6 Å². The molecular formula is C13H19F2NO. The summed E-state index contributed by atoms with van der Waals surface area (Å²) in [4.78, 5) is 0. The van der Waals surface area contributed by atoms with E-state index in [4.69, 9.17) is 0 Å². The van der Waals surface area contributed by atoms with Crippen LogP contribution in [0.1, 0.15) is 19.4 Å². The second-order valence-electron chi connectivity index (χ2n) is 4.66. The van der Waals surface area contributed by atoms with Gasteiger partial charge in [-0.15, -0.1) is 0 Å². The summed E-state index contributed by atoms with van der Waals surface area (Å²) in [6.07, 6.45) is -0.263. The Morgan fingerprint density at radius 2 is 1.88 bits per heavy atom. The van der Waals surface area contributed by atoms with E-state index >= 15 is 0 Å². The van der Waals surface area contributed by atoms with Crippen molar-refractivity contribution in [3.63, 3.8) is 0 Å². The summed E-state index contributed by atoms with van der Waals surface area (Å²) in [7, 11) is 0. The first-order chi connectivity index (χ1) is 7.99. The molecule has 2 N–H and O–H groups in total. The Kier molecular flexibility index (Phi) is 5.51.